The van der Waals surface area contributed by atoms with Crippen LogP contribution in [-0.4, -0.2) is 30.8 Å². The van der Waals surface area contributed by atoms with Crippen molar-refractivity contribution in [1.82, 2.24) is 4.31 Å². The smallest absolute Gasteiger partial charge is 0.301 e. The first-order valence-electron chi connectivity index (χ1n) is 6.62. The molecule has 0 aliphatic carbocycles. The Labute approximate surface area is 125 Å². The van der Waals surface area contributed by atoms with Gasteiger partial charge >= 0.3 is 10.2 Å². The number of anilines is 1. The van der Waals surface area contributed by atoms with Crippen molar-refractivity contribution in [2.75, 3.05) is 17.8 Å². The zero-order valence-corrected chi connectivity index (χ0v) is 12.8. The van der Waals surface area contributed by atoms with Gasteiger partial charge in [-0.1, -0.05) is 30.8 Å². The second-order valence-corrected chi connectivity index (χ2v) is 7.10. The number of thiocarbonyl (C=S) groups is 1. The van der Waals surface area contributed by atoms with Crippen LogP contribution in [0.4, 0.5) is 5.69 Å². The lowest BCUT2D eigenvalue weighted by molar-refractivity contribution is 0.349. The third-order valence-electron chi connectivity index (χ3n) is 3.23. The summed E-state index contributed by atoms with van der Waals surface area (Å²) in [5.41, 5.74) is 7.00. The molecule has 5 nitrogen and oxygen atoms in total. The van der Waals surface area contributed by atoms with Gasteiger partial charge in [0.2, 0.25) is 0 Å². The Hall–Kier alpha value is -1.18. The molecule has 110 valence electrons. The largest absolute Gasteiger partial charge is 0.393 e. The molecule has 0 saturated carbocycles. The van der Waals surface area contributed by atoms with E-state index in [2.05, 4.69) is 4.72 Å². The molecule has 2 rings (SSSR count). The molecule has 20 heavy (non-hydrogen) atoms. The molecule has 3 N–H and O–H groups in total. The molecule has 0 aromatic heterocycles. The summed E-state index contributed by atoms with van der Waals surface area (Å²) in [5, 5.41) is 0. The predicted molar refractivity (Wildman–Crippen MR) is 84.9 cm³/mol. The summed E-state index contributed by atoms with van der Waals surface area (Å²) >= 11 is 4.84. The number of hydrogen-bond acceptors (Lipinski definition) is 3. The van der Waals surface area contributed by atoms with Crippen LogP contribution >= 0.6 is 12.2 Å². The minimum absolute atomic E-state index is 0.423. The van der Waals surface area contributed by atoms with Crippen LogP contribution in [0.1, 0.15) is 24.8 Å². The number of benzene rings is 1. The average molecular weight is 313 g/mol. The van der Waals surface area contributed by atoms with E-state index in [1.807, 2.05) is 12.1 Å². The van der Waals surface area contributed by atoms with E-state index in [0.29, 0.717) is 30.2 Å². The van der Waals surface area contributed by atoms with E-state index in [4.69, 9.17) is 18.0 Å². The van der Waals surface area contributed by atoms with Crippen molar-refractivity contribution in [3.05, 3.63) is 29.8 Å². The highest BCUT2D eigenvalue weighted by atomic mass is 32.2. The summed E-state index contributed by atoms with van der Waals surface area (Å²) in [5.74, 6) is 0. The van der Waals surface area contributed by atoms with E-state index in [-0.39, 0.29) is 0 Å². The van der Waals surface area contributed by atoms with E-state index in [1.165, 1.54) is 4.31 Å². The fraction of sp³-hybridized carbons (Fsp3) is 0.462. The highest BCUT2D eigenvalue weighted by Crippen LogP contribution is 2.17. The van der Waals surface area contributed by atoms with E-state index < -0.39 is 10.2 Å². The SMILES string of the molecule is NC(=S)Cc1ccc(NS(=O)(=O)N2CCCCC2)cc1. The molecule has 0 atom stereocenters. The first-order valence-corrected chi connectivity index (χ1v) is 8.47. The molecule has 7 heteroatoms. The zero-order chi connectivity index (χ0) is 14.6. The molecular weight excluding hydrogens is 294 g/mol. The van der Waals surface area contributed by atoms with Crippen LogP contribution in [0.5, 0.6) is 0 Å². The van der Waals surface area contributed by atoms with Gasteiger partial charge in [-0.15, -0.1) is 0 Å². The minimum atomic E-state index is -3.44. The average Bonchev–Trinajstić information content (AvgIpc) is 2.41. The molecule has 1 aromatic rings. The maximum Gasteiger partial charge on any atom is 0.301 e. The molecule has 1 aliphatic rings. The molecule has 0 amide bonds. The molecule has 0 radical (unpaired) electrons. The van der Waals surface area contributed by atoms with Gasteiger partial charge in [-0.2, -0.15) is 12.7 Å². The van der Waals surface area contributed by atoms with Crippen molar-refractivity contribution in [1.29, 1.82) is 0 Å². The number of piperidine rings is 1. The highest BCUT2D eigenvalue weighted by Gasteiger charge is 2.23. The Morgan fingerprint density at radius 3 is 2.35 bits per heavy atom. The summed E-state index contributed by atoms with van der Waals surface area (Å²) < 4.78 is 28.5. The van der Waals surface area contributed by atoms with Gasteiger partial charge in [0, 0.05) is 25.2 Å². The number of rotatable bonds is 5. The van der Waals surface area contributed by atoms with Crippen molar-refractivity contribution in [2.24, 2.45) is 5.73 Å². The zero-order valence-electron chi connectivity index (χ0n) is 11.2. The molecule has 0 spiro atoms. The van der Waals surface area contributed by atoms with Crippen LogP contribution in [0.3, 0.4) is 0 Å². The lowest BCUT2D eigenvalue weighted by atomic mass is 10.1. The molecule has 1 aliphatic heterocycles. The van der Waals surface area contributed by atoms with Gasteiger partial charge in [0.05, 0.1) is 4.99 Å². The van der Waals surface area contributed by atoms with Crippen molar-refractivity contribution >= 4 is 33.1 Å². The van der Waals surface area contributed by atoms with Crippen LogP contribution in [0.25, 0.3) is 0 Å². The lowest BCUT2D eigenvalue weighted by Gasteiger charge is -2.26. The summed E-state index contributed by atoms with van der Waals surface area (Å²) in [6.07, 6.45) is 3.47. The number of nitrogens with two attached hydrogens (primary N) is 1. The Bertz CT molecular complexity index is 564. The van der Waals surface area contributed by atoms with Crippen molar-refractivity contribution in [3.8, 4) is 0 Å². The van der Waals surface area contributed by atoms with Crippen LogP contribution in [0, 0.1) is 0 Å². The van der Waals surface area contributed by atoms with Gasteiger partial charge in [-0.05, 0) is 30.5 Å². The van der Waals surface area contributed by atoms with Gasteiger partial charge in [0.15, 0.2) is 0 Å². The number of nitrogens with one attached hydrogen (secondary N) is 1. The molecule has 1 saturated heterocycles. The maximum atomic E-state index is 12.2. The third kappa shape index (κ3) is 4.16. The Kier molecular flexibility index (Phi) is 4.95. The Balaban J connectivity index is 2.03. The van der Waals surface area contributed by atoms with E-state index in [0.717, 1.165) is 24.8 Å². The molecule has 1 heterocycles. The molecule has 0 bridgehead atoms. The topological polar surface area (TPSA) is 75.4 Å². The van der Waals surface area contributed by atoms with Gasteiger partial charge < -0.3 is 5.73 Å². The van der Waals surface area contributed by atoms with Gasteiger partial charge in [0.1, 0.15) is 0 Å². The highest BCUT2D eigenvalue weighted by molar-refractivity contribution is 7.90. The second kappa shape index (κ2) is 6.51. The Morgan fingerprint density at radius 1 is 1.20 bits per heavy atom. The van der Waals surface area contributed by atoms with Crippen molar-refractivity contribution in [2.45, 2.75) is 25.7 Å². The number of nitrogens with zero attached hydrogens (tertiary/aromatic N) is 1. The van der Waals surface area contributed by atoms with E-state index >= 15 is 0 Å². The maximum absolute atomic E-state index is 12.2. The van der Waals surface area contributed by atoms with E-state index in [9.17, 15) is 8.42 Å². The molecule has 1 fully saturated rings. The Morgan fingerprint density at radius 2 is 1.80 bits per heavy atom. The molecular formula is C13H19N3O2S2. The fourth-order valence-electron chi connectivity index (χ4n) is 2.21. The third-order valence-corrected chi connectivity index (χ3v) is 4.92. The normalized spacial score (nSPS) is 16.8. The van der Waals surface area contributed by atoms with E-state index in [1.54, 1.807) is 12.1 Å². The predicted octanol–water partition coefficient (Wildman–Crippen LogP) is 1.66. The summed E-state index contributed by atoms with van der Waals surface area (Å²) in [4.78, 5) is 0.423. The molecule has 1 aromatic carbocycles. The molecule has 0 unspecified atom stereocenters. The van der Waals surface area contributed by atoms with Crippen LogP contribution in [-0.2, 0) is 16.6 Å². The van der Waals surface area contributed by atoms with Crippen molar-refractivity contribution in [3.63, 3.8) is 0 Å². The quantitative estimate of drug-likeness (QED) is 0.811. The summed E-state index contributed by atoms with van der Waals surface area (Å²) in [7, 11) is -3.44. The number of hydrogen-bond donors (Lipinski definition) is 2. The van der Waals surface area contributed by atoms with Gasteiger partial charge in [-0.3, -0.25) is 4.72 Å². The minimum Gasteiger partial charge on any atom is -0.393 e. The van der Waals surface area contributed by atoms with Crippen LogP contribution < -0.4 is 10.5 Å². The van der Waals surface area contributed by atoms with Gasteiger partial charge in [-0.25, -0.2) is 0 Å². The standard InChI is InChI=1S/C13H19N3O2S2/c14-13(19)10-11-4-6-12(7-5-11)15-20(17,18)16-8-2-1-3-9-16/h4-7,15H,1-3,8-10H2,(H2,14,19). The van der Waals surface area contributed by atoms with Crippen LogP contribution in [0.2, 0.25) is 0 Å². The first kappa shape index (κ1) is 15.2. The van der Waals surface area contributed by atoms with Crippen molar-refractivity contribution < 1.29 is 8.42 Å². The summed E-state index contributed by atoms with van der Waals surface area (Å²) in [6.45, 7) is 1.18. The monoisotopic (exact) mass is 313 g/mol. The fourth-order valence-corrected chi connectivity index (χ4v) is 3.68. The summed E-state index contributed by atoms with van der Waals surface area (Å²) in [6, 6.07) is 7.12. The van der Waals surface area contributed by atoms with Gasteiger partial charge in [0.25, 0.3) is 0 Å². The second-order valence-electron chi connectivity index (χ2n) is 4.91. The first-order chi connectivity index (χ1) is 9.47. The van der Waals surface area contributed by atoms with Crippen LogP contribution in [0.15, 0.2) is 24.3 Å². The lowest BCUT2D eigenvalue weighted by Crippen LogP contribution is -2.39.